The lowest BCUT2D eigenvalue weighted by atomic mass is 10.2. The van der Waals surface area contributed by atoms with E-state index in [1.165, 1.54) is 18.2 Å². The molecular formula is C17H10Cl2FNO2S. The molecule has 1 saturated heterocycles. The highest BCUT2D eigenvalue weighted by atomic mass is 35.5. The number of halogens is 3. The van der Waals surface area contributed by atoms with Crippen molar-refractivity contribution in [2.24, 2.45) is 0 Å². The maximum absolute atomic E-state index is 13.9. The summed E-state index contributed by atoms with van der Waals surface area (Å²) in [6.07, 6.45) is 1.60. The molecule has 2 aromatic carbocycles. The summed E-state index contributed by atoms with van der Waals surface area (Å²) in [4.78, 5) is 25.8. The van der Waals surface area contributed by atoms with E-state index in [4.69, 9.17) is 23.2 Å². The van der Waals surface area contributed by atoms with Gasteiger partial charge >= 0.3 is 0 Å². The highest BCUT2D eigenvalue weighted by Crippen LogP contribution is 2.34. The first-order chi connectivity index (χ1) is 11.5. The summed E-state index contributed by atoms with van der Waals surface area (Å²) in [5.74, 6) is -1.03. The minimum absolute atomic E-state index is 0.120. The summed E-state index contributed by atoms with van der Waals surface area (Å²) in [5.41, 5.74) is 0.864. The monoisotopic (exact) mass is 381 g/mol. The molecule has 3 rings (SSSR count). The average Bonchev–Trinajstić information content (AvgIpc) is 2.80. The molecule has 0 radical (unpaired) electrons. The number of carbonyl (C=O) groups is 2. The van der Waals surface area contributed by atoms with Crippen molar-refractivity contribution < 1.29 is 14.0 Å². The predicted octanol–water partition coefficient (Wildman–Crippen LogP) is 5.37. The zero-order valence-electron chi connectivity index (χ0n) is 12.1. The van der Waals surface area contributed by atoms with Crippen molar-refractivity contribution in [1.29, 1.82) is 0 Å². The molecule has 0 unspecified atom stereocenters. The molecule has 0 aliphatic carbocycles. The van der Waals surface area contributed by atoms with Crippen LogP contribution < -0.4 is 0 Å². The van der Waals surface area contributed by atoms with Gasteiger partial charge in [-0.2, -0.15) is 0 Å². The van der Waals surface area contributed by atoms with Gasteiger partial charge in [-0.1, -0.05) is 41.4 Å². The Hall–Kier alpha value is -1.82. The molecule has 0 bridgehead atoms. The quantitative estimate of drug-likeness (QED) is 0.670. The van der Waals surface area contributed by atoms with Crippen LogP contribution >= 0.6 is 35.0 Å². The van der Waals surface area contributed by atoms with E-state index in [1.54, 1.807) is 30.3 Å². The molecule has 2 aromatic rings. The summed E-state index contributed by atoms with van der Waals surface area (Å²) in [6.45, 7) is -0.200. The smallest absolute Gasteiger partial charge is 0.268 e. The third-order valence-corrected chi connectivity index (χ3v) is 4.93. The minimum atomic E-state index is -0.553. The van der Waals surface area contributed by atoms with Crippen molar-refractivity contribution in [3.8, 4) is 0 Å². The van der Waals surface area contributed by atoms with E-state index >= 15 is 0 Å². The van der Waals surface area contributed by atoms with Crippen LogP contribution in [0.3, 0.4) is 0 Å². The van der Waals surface area contributed by atoms with E-state index in [-0.39, 0.29) is 22.0 Å². The van der Waals surface area contributed by atoms with Crippen LogP contribution in [0.2, 0.25) is 10.0 Å². The van der Waals surface area contributed by atoms with Crippen molar-refractivity contribution in [2.75, 3.05) is 0 Å². The number of imide groups is 1. The van der Waals surface area contributed by atoms with Crippen molar-refractivity contribution in [3.05, 3.63) is 74.4 Å². The van der Waals surface area contributed by atoms with E-state index in [0.717, 1.165) is 22.2 Å². The summed E-state index contributed by atoms with van der Waals surface area (Å²) in [5, 5.41) is 0.296. The van der Waals surface area contributed by atoms with Gasteiger partial charge < -0.3 is 0 Å². The average molecular weight is 382 g/mol. The number of rotatable bonds is 3. The molecule has 0 N–H and O–H groups in total. The van der Waals surface area contributed by atoms with Crippen LogP contribution in [-0.4, -0.2) is 16.0 Å². The van der Waals surface area contributed by atoms with Gasteiger partial charge in [0.05, 0.1) is 11.4 Å². The van der Waals surface area contributed by atoms with Gasteiger partial charge in [0.1, 0.15) is 5.82 Å². The van der Waals surface area contributed by atoms with Crippen LogP contribution in [0.5, 0.6) is 0 Å². The van der Waals surface area contributed by atoms with Gasteiger partial charge in [-0.3, -0.25) is 14.5 Å². The lowest BCUT2D eigenvalue weighted by Gasteiger charge is -2.14. The molecule has 0 saturated carbocycles. The van der Waals surface area contributed by atoms with Gasteiger partial charge in [0.15, 0.2) is 0 Å². The number of benzene rings is 2. The van der Waals surface area contributed by atoms with E-state index in [1.807, 2.05) is 0 Å². The molecule has 0 atom stereocenters. The molecule has 7 heteroatoms. The van der Waals surface area contributed by atoms with Gasteiger partial charge in [-0.25, -0.2) is 4.39 Å². The van der Waals surface area contributed by atoms with Crippen LogP contribution in [0, 0.1) is 5.82 Å². The zero-order chi connectivity index (χ0) is 17.3. The summed E-state index contributed by atoms with van der Waals surface area (Å²) < 4.78 is 13.9. The standard InChI is InChI=1S/C17H10Cl2FNO2S/c18-11-6-4-10(5-7-11)8-15-16(22)21(17(23)24-15)9-12-13(19)2-1-3-14(12)20/h1-8H,9H2/b15-8+. The fraction of sp³-hybridized carbons (Fsp3) is 0.0588. The highest BCUT2D eigenvalue weighted by Gasteiger charge is 2.35. The number of nitrogens with zero attached hydrogens (tertiary/aromatic N) is 1. The topological polar surface area (TPSA) is 37.4 Å². The van der Waals surface area contributed by atoms with E-state index in [0.29, 0.717) is 5.02 Å². The Labute approximate surface area is 152 Å². The number of amides is 2. The maximum Gasteiger partial charge on any atom is 0.293 e. The third kappa shape index (κ3) is 3.48. The van der Waals surface area contributed by atoms with Crippen LogP contribution in [0.1, 0.15) is 11.1 Å². The first-order valence-electron chi connectivity index (χ1n) is 6.89. The van der Waals surface area contributed by atoms with E-state index in [9.17, 15) is 14.0 Å². The summed E-state index contributed by atoms with van der Waals surface area (Å²) >= 11 is 12.6. The number of thioether (sulfide) groups is 1. The minimum Gasteiger partial charge on any atom is -0.268 e. The highest BCUT2D eigenvalue weighted by molar-refractivity contribution is 8.18. The van der Waals surface area contributed by atoms with Crippen LogP contribution in [0.15, 0.2) is 47.4 Å². The summed E-state index contributed by atoms with van der Waals surface area (Å²) in [7, 11) is 0. The van der Waals surface area contributed by atoms with Gasteiger partial charge in [-0.05, 0) is 47.7 Å². The maximum atomic E-state index is 13.9. The zero-order valence-corrected chi connectivity index (χ0v) is 14.5. The Bertz CT molecular complexity index is 832. The normalized spacial score (nSPS) is 16.3. The van der Waals surface area contributed by atoms with Crippen LogP contribution in [0.25, 0.3) is 6.08 Å². The van der Waals surface area contributed by atoms with Gasteiger partial charge in [0.25, 0.3) is 11.1 Å². The number of carbonyl (C=O) groups excluding carboxylic acids is 2. The molecule has 0 spiro atoms. The summed E-state index contributed by atoms with van der Waals surface area (Å²) in [6, 6.07) is 11.1. The Morgan fingerprint density at radius 3 is 2.46 bits per heavy atom. The van der Waals surface area contributed by atoms with Crippen LogP contribution in [0.4, 0.5) is 9.18 Å². The number of hydrogen-bond donors (Lipinski definition) is 0. The fourth-order valence-electron chi connectivity index (χ4n) is 2.19. The molecular weight excluding hydrogens is 372 g/mol. The first-order valence-corrected chi connectivity index (χ1v) is 8.47. The Morgan fingerprint density at radius 1 is 1.08 bits per heavy atom. The van der Waals surface area contributed by atoms with Crippen molar-refractivity contribution in [1.82, 2.24) is 4.90 Å². The lowest BCUT2D eigenvalue weighted by Crippen LogP contribution is -2.28. The fourth-order valence-corrected chi connectivity index (χ4v) is 3.38. The second-order valence-corrected chi connectivity index (χ2v) is 6.86. The van der Waals surface area contributed by atoms with Crippen molar-refractivity contribution >= 4 is 52.2 Å². The van der Waals surface area contributed by atoms with Crippen molar-refractivity contribution in [2.45, 2.75) is 6.54 Å². The van der Waals surface area contributed by atoms with Gasteiger partial charge in [0, 0.05) is 15.6 Å². The Morgan fingerprint density at radius 2 is 1.79 bits per heavy atom. The molecule has 1 aliphatic heterocycles. The number of hydrogen-bond acceptors (Lipinski definition) is 3. The SMILES string of the molecule is O=C1S/C(=C/c2ccc(Cl)cc2)C(=O)N1Cc1c(F)cccc1Cl. The molecule has 3 nitrogen and oxygen atoms in total. The molecule has 24 heavy (non-hydrogen) atoms. The van der Waals surface area contributed by atoms with E-state index in [2.05, 4.69) is 0 Å². The molecule has 122 valence electrons. The molecule has 1 heterocycles. The molecule has 1 fully saturated rings. The predicted molar refractivity (Wildman–Crippen MR) is 94.4 cm³/mol. The first kappa shape index (κ1) is 17.0. The van der Waals surface area contributed by atoms with Gasteiger partial charge in [0.2, 0.25) is 0 Å². The second-order valence-electron chi connectivity index (χ2n) is 5.02. The van der Waals surface area contributed by atoms with Gasteiger partial charge in [-0.15, -0.1) is 0 Å². The Balaban J connectivity index is 1.85. The van der Waals surface area contributed by atoms with E-state index < -0.39 is 17.0 Å². The van der Waals surface area contributed by atoms with Crippen LogP contribution in [-0.2, 0) is 11.3 Å². The second kappa shape index (κ2) is 6.97. The molecule has 1 aliphatic rings. The Kier molecular flexibility index (Phi) is 4.94. The molecule has 2 amide bonds. The molecule has 0 aromatic heterocycles. The lowest BCUT2D eigenvalue weighted by molar-refractivity contribution is -0.123. The largest absolute Gasteiger partial charge is 0.293 e. The third-order valence-electron chi connectivity index (χ3n) is 3.42. The van der Waals surface area contributed by atoms with Crippen molar-refractivity contribution in [3.63, 3.8) is 0 Å².